The summed E-state index contributed by atoms with van der Waals surface area (Å²) in [5.41, 5.74) is 7.23. The van der Waals surface area contributed by atoms with Crippen molar-refractivity contribution in [1.29, 1.82) is 0 Å². The molecule has 1 aromatic rings. The van der Waals surface area contributed by atoms with Gasteiger partial charge in [-0.1, -0.05) is 0 Å². The van der Waals surface area contributed by atoms with Crippen LogP contribution in [0.1, 0.15) is 42.9 Å². The van der Waals surface area contributed by atoms with Gasteiger partial charge in [-0.15, -0.1) is 0 Å². The SMILES string of the molecule is Cn1c(C(F)(F)F)nc2c1CN([C@H]1CC[C@H](C3CC(F)=C(F)C=C3F)C(N)C1)C2. The maximum atomic E-state index is 14.2. The second-order valence-corrected chi connectivity index (χ2v) is 8.18. The van der Waals surface area contributed by atoms with Crippen LogP contribution in [0, 0.1) is 11.8 Å². The molecule has 160 valence electrons. The van der Waals surface area contributed by atoms with Gasteiger partial charge in [-0.05, 0) is 25.2 Å². The Balaban J connectivity index is 1.42. The van der Waals surface area contributed by atoms with E-state index in [1.165, 1.54) is 7.05 Å². The Labute approximate surface area is 164 Å². The number of alkyl halides is 3. The summed E-state index contributed by atoms with van der Waals surface area (Å²) in [4.78, 5) is 5.81. The van der Waals surface area contributed by atoms with Crippen molar-refractivity contribution in [2.24, 2.45) is 24.6 Å². The van der Waals surface area contributed by atoms with E-state index >= 15 is 0 Å². The fourth-order valence-corrected chi connectivity index (χ4v) is 4.95. The molecule has 0 amide bonds. The average Bonchev–Trinajstić information content (AvgIpc) is 3.18. The summed E-state index contributed by atoms with van der Waals surface area (Å²) in [5, 5.41) is 0. The first-order chi connectivity index (χ1) is 13.6. The van der Waals surface area contributed by atoms with Gasteiger partial charge in [0.25, 0.3) is 0 Å². The number of nitrogens with two attached hydrogens (primary N) is 1. The number of allylic oxidation sites excluding steroid dienone is 4. The van der Waals surface area contributed by atoms with Gasteiger partial charge in [0.15, 0.2) is 5.83 Å². The Kier molecular flexibility index (Phi) is 5.05. The van der Waals surface area contributed by atoms with E-state index in [0.29, 0.717) is 49.8 Å². The van der Waals surface area contributed by atoms with Crippen LogP contribution in [0.25, 0.3) is 0 Å². The molecule has 0 aromatic carbocycles. The summed E-state index contributed by atoms with van der Waals surface area (Å²) < 4.78 is 81.2. The minimum absolute atomic E-state index is 0.0255. The standard InChI is InChI=1S/C19H22F6N4/c1-28-17-8-29(7-16(17)27-18(28)19(23,24)25)9-2-3-10(15(26)4-9)11-5-13(21)14(22)6-12(11)20/h6,9-11,15H,2-5,7-8,26H2,1H3/t9-,10+,11?,15?/m0/s1. The second-order valence-electron chi connectivity index (χ2n) is 8.18. The molecule has 3 aliphatic rings. The Bertz CT molecular complexity index is 871. The molecule has 0 saturated heterocycles. The molecule has 1 saturated carbocycles. The molecular formula is C19H22F6N4. The van der Waals surface area contributed by atoms with Crippen LogP contribution in [0.15, 0.2) is 23.6 Å². The Morgan fingerprint density at radius 3 is 2.48 bits per heavy atom. The molecule has 0 radical (unpaired) electrons. The lowest BCUT2D eigenvalue weighted by molar-refractivity contribution is -0.147. The summed E-state index contributed by atoms with van der Waals surface area (Å²) in [7, 11) is 1.36. The van der Waals surface area contributed by atoms with E-state index in [4.69, 9.17) is 5.73 Å². The van der Waals surface area contributed by atoms with Crippen LogP contribution in [0.4, 0.5) is 26.3 Å². The van der Waals surface area contributed by atoms with Crippen molar-refractivity contribution in [2.45, 2.75) is 57.0 Å². The molecule has 10 heteroatoms. The number of aromatic nitrogens is 2. The van der Waals surface area contributed by atoms with E-state index in [1.54, 1.807) is 0 Å². The predicted octanol–water partition coefficient (Wildman–Crippen LogP) is 4.27. The maximum absolute atomic E-state index is 14.2. The molecule has 29 heavy (non-hydrogen) atoms. The lowest BCUT2D eigenvalue weighted by Gasteiger charge is -2.41. The van der Waals surface area contributed by atoms with E-state index in [-0.39, 0.29) is 18.4 Å². The van der Waals surface area contributed by atoms with Gasteiger partial charge < -0.3 is 10.3 Å². The van der Waals surface area contributed by atoms with E-state index in [9.17, 15) is 26.3 Å². The number of hydrogen-bond donors (Lipinski definition) is 1. The molecule has 2 unspecified atom stereocenters. The van der Waals surface area contributed by atoms with Gasteiger partial charge >= 0.3 is 6.18 Å². The van der Waals surface area contributed by atoms with Gasteiger partial charge in [0.2, 0.25) is 5.82 Å². The predicted molar refractivity (Wildman–Crippen MR) is 93.1 cm³/mol. The summed E-state index contributed by atoms with van der Waals surface area (Å²) >= 11 is 0. The monoisotopic (exact) mass is 420 g/mol. The summed E-state index contributed by atoms with van der Waals surface area (Å²) in [6, 6.07) is -0.383. The van der Waals surface area contributed by atoms with Gasteiger partial charge in [-0.2, -0.15) is 13.2 Å². The van der Waals surface area contributed by atoms with Crippen LogP contribution < -0.4 is 5.73 Å². The molecule has 2 N–H and O–H groups in total. The fraction of sp³-hybridized carbons (Fsp3) is 0.632. The largest absolute Gasteiger partial charge is 0.449 e. The molecule has 4 atom stereocenters. The fourth-order valence-electron chi connectivity index (χ4n) is 4.95. The number of nitrogens with zero attached hydrogens (tertiary/aromatic N) is 3. The summed E-state index contributed by atoms with van der Waals surface area (Å²) in [6.07, 6.45) is -2.50. The van der Waals surface area contributed by atoms with Crippen LogP contribution >= 0.6 is 0 Å². The number of fused-ring (bicyclic) bond motifs is 1. The highest BCUT2D eigenvalue weighted by Gasteiger charge is 2.43. The lowest BCUT2D eigenvalue weighted by Crippen LogP contribution is -2.47. The second kappa shape index (κ2) is 7.16. The highest BCUT2D eigenvalue weighted by Crippen LogP contribution is 2.43. The average molecular weight is 420 g/mol. The third kappa shape index (κ3) is 3.61. The number of hydrogen-bond acceptors (Lipinski definition) is 3. The van der Waals surface area contributed by atoms with Crippen molar-refractivity contribution >= 4 is 0 Å². The molecule has 0 spiro atoms. The molecule has 2 heterocycles. The summed E-state index contributed by atoms with van der Waals surface area (Å²) in [6.45, 7) is 0.652. The van der Waals surface area contributed by atoms with Crippen molar-refractivity contribution in [1.82, 2.24) is 14.5 Å². The van der Waals surface area contributed by atoms with E-state index in [1.807, 2.05) is 4.90 Å². The van der Waals surface area contributed by atoms with Crippen LogP contribution in [0.2, 0.25) is 0 Å². The highest BCUT2D eigenvalue weighted by atomic mass is 19.4. The third-order valence-electron chi connectivity index (χ3n) is 6.49. The number of halogens is 6. The zero-order valence-electron chi connectivity index (χ0n) is 15.8. The first-order valence-electron chi connectivity index (χ1n) is 9.58. The normalized spacial score (nSPS) is 31.2. The zero-order valence-corrected chi connectivity index (χ0v) is 15.8. The third-order valence-corrected chi connectivity index (χ3v) is 6.49. The van der Waals surface area contributed by atoms with Crippen molar-refractivity contribution in [3.05, 3.63) is 40.8 Å². The lowest BCUT2D eigenvalue weighted by atomic mass is 9.72. The van der Waals surface area contributed by atoms with Crippen LogP contribution in [0.3, 0.4) is 0 Å². The Morgan fingerprint density at radius 1 is 1.14 bits per heavy atom. The Hall–Kier alpha value is -1.81. The highest BCUT2D eigenvalue weighted by molar-refractivity contribution is 5.26. The van der Waals surface area contributed by atoms with Gasteiger partial charge in [0.05, 0.1) is 11.4 Å². The van der Waals surface area contributed by atoms with Gasteiger partial charge in [-0.3, -0.25) is 4.90 Å². The Morgan fingerprint density at radius 2 is 1.86 bits per heavy atom. The van der Waals surface area contributed by atoms with Crippen LogP contribution in [-0.4, -0.2) is 26.5 Å². The smallest absolute Gasteiger partial charge is 0.327 e. The minimum Gasteiger partial charge on any atom is -0.327 e. The molecule has 0 bridgehead atoms. The number of imidazole rings is 1. The topological polar surface area (TPSA) is 47.1 Å². The molecule has 2 aliphatic carbocycles. The molecule has 1 aliphatic heterocycles. The summed E-state index contributed by atoms with van der Waals surface area (Å²) in [5.74, 6) is -4.77. The first kappa shape index (κ1) is 20.5. The maximum Gasteiger partial charge on any atom is 0.449 e. The molecule has 4 rings (SSSR count). The van der Waals surface area contributed by atoms with Gasteiger partial charge in [0, 0.05) is 50.6 Å². The number of rotatable bonds is 2. The van der Waals surface area contributed by atoms with Crippen molar-refractivity contribution in [2.75, 3.05) is 0 Å². The van der Waals surface area contributed by atoms with Gasteiger partial charge in [0.1, 0.15) is 11.7 Å². The first-order valence-corrected chi connectivity index (χ1v) is 9.58. The molecular weight excluding hydrogens is 398 g/mol. The van der Waals surface area contributed by atoms with E-state index in [2.05, 4.69) is 4.98 Å². The molecule has 4 nitrogen and oxygen atoms in total. The van der Waals surface area contributed by atoms with E-state index in [0.717, 1.165) is 4.57 Å². The molecule has 1 fully saturated rings. The van der Waals surface area contributed by atoms with Crippen molar-refractivity contribution in [3.8, 4) is 0 Å². The van der Waals surface area contributed by atoms with Crippen LogP contribution in [0.5, 0.6) is 0 Å². The van der Waals surface area contributed by atoms with Crippen molar-refractivity contribution < 1.29 is 26.3 Å². The van der Waals surface area contributed by atoms with E-state index < -0.39 is 41.4 Å². The molecule has 1 aromatic heterocycles. The van der Waals surface area contributed by atoms with Crippen LogP contribution in [-0.2, 0) is 26.3 Å². The van der Waals surface area contributed by atoms with Gasteiger partial charge in [-0.25, -0.2) is 18.2 Å². The zero-order chi connectivity index (χ0) is 21.1. The quantitative estimate of drug-likeness (QED) is 0.727. The minimum atomic E-state index is -4.49. The van der Waals surface area contributed by atoms with Crippen molar-refractivity contribution in [3.63, 3.8) is 0 Å².